The van der Waals surface area contributed by atoms with Gasteiger partial charge in [0.15, 0.2) is 17.4 Å². The van der Waals surface area contributed by atoms with Crippen LogP contribution >= 0.6 is 0 Å². The Morgan fingerprint density at radius 3 is 1.21 bits per heavy atom. The van der Waals surface area contributed by atoms with E-state index in [4.69, 9.17) is 37.9 Å². The molecule has 3 aliphatic heterocycles. The summed E-state index contributed by atoms with van der Waals surface area (Å²) < 4.78 is 164. The van der Waals surface area contributed by atoms with Crippen molar-refractivity contribution in [2.45, 2.75) is 156 Å². The van der Waals surface area contributed by atoms with E-state index < -0.39 is 126 Å². The van der Waals surface area contributed by atoms with E-state index in [1.807, 2.05) is 0 Å². The van der Waals surface area contributed by atoms with Crippen LogP contribution in [-0.2, 0) is 47.5 Å². The van der Waals surface area contributed by atoms with Crippen molar-refractivity contribution in [1.29, 1.82) is 0 Å². The maximum atomic E-state index is 14.4. The second kappa shape index (κ2) is 13.6. The van der Waals surface area contributed by atoms with Crippen molar-refractivity contribution in [2.75, 3.05) is 39.6 Å². The Morgan fingerprint density at radius 2 is 0.794 bits per heavy atom. The lowest BCUT2D eigenvalue weighted by Crippen LogP contribution is -2.65. The third-order valence-electron chi connectivity index (χ3n) is 18.9. The average molecular weight is 909 g/mol. The lowest BCUT2D eigenvalue weighted by Gasteiger charge is -2.62. The molecule has 0 aromatic heterocycles. The molecule has 3 saturated heterocycles. The largest absolute Gasteiger partial charge is 0.465 e. The van der Waals surface area contributed by atoms with Gasteiger partial charge < -0.3 is 37.9 Å². The zero-order valence-electron chi connectivity index (χ0n) is 35.1. The molecule has 0 N–H and O–H groups in total. The number of carbonyl (C=O) groups excluding carboxylic acids is 2. The first kappa shape index (κ1) is 42.5. The fourth-order valence-electron chi connectivity index (χ4n) is 16.6. The molecule has 15 rings (SSSR count). The molecule has 3 heterocycles. The number of hydrogen-bond donors (Lipinski definition) is 0. The van der Waals surface area contributed by atoms with Crippen LogP contribution in [0.3, 0.4) is 0 Å². The number of alkyl halides is 8. The van der Waals surface area contributed by atoms with Gasteiger partial charge in [0.1, 0.15) is 39.1 Å². The Bertz CT molecular complexity index is 1800. The van der Waals surface area contributed by atoms with E-state index in [1.54, 1.807) is 0 Å². The summed E-state index contributed by atoms with van der Waals surface area (Å²) in [5.41, 5.74) is -1.89. The van der Waals surface area contributed by atoms with Gasteiger partial charge in [-0.25, -0.2) is 0 Å². The molecule has 63 heavy (non-hydrogen) atoms. The van der Waals surface area contributed by atoms with Gasteiger partial charge in [0.25, 0.3) is 0 Å². The second-order valence-electron chi connectivity index (χ2n) is 22.5. The van der Waals surface area contributed by atoms with Crippen LogP contribution in [0, 0.1) is 70.0 Å². The van der Waals surface area contributed by atoms with Crippen LogP contribution < -0.4 is 0 Å². The highest BCUT2D eigenvalue weighted by Crippen LogP contribution is 2.68. The normalized spacial score (nSPS) is 50.2. The van der Waals surface area contributed by atoms with Gasteiger partial charge in [-0.3, -0.25) is 9.59 Å². The molecule has 15 fully saturated rings. The van der Waals surface area contributed by atoms with Crippen molar-refractivity contribution in [1.82, 2.24) is 0 Å². The molecule has 18 heteroatoms. The highest BCUT2D eigenvalue weighted by atomic mass is 19.3. The van der Waals surface area contributed by atoms with E-state index in [-0.39, 0.29) is 69.0 Å². The van der Waals surface area contributed by atoms with Crippen molar-refractivity contribution in [3.63, 3.8) is 0 Å². The molecule has 15 aliphatic rings. The van der Waals surface area contributed by atoms with E-state index in [1.165, 1.54) is 6.42 Å². The first-order valence-electron chi connectivity index (χ1n) is 23.5. The van der Waals surface area contributed by atoms with Crippen LogP contribution in [0.1, 0.15) is 103 Å². The molecule has 6 atom stereocenters. The minimum Gasteiger partial charge on any atom is -0.465 e. The lowest BCUT2D eigenvalue weighted by molar-refractivity contribution is -0.346. The number of esters is 2. The smallest absolute Gasteiger partial charge is 0.335 e. The predicted molar refractivity (Wildman–Crippen MR) is 197 cm³/mol. The fourth-order valence-corrected chi connectivity index (χ4v) is 16.6. The molecule has 12 saturated carbocycles. The Balaban J connectivity index is 0.730. The molecule has 12 bridgehead atoms. The summed E-state index contributed by atoms with van der Waals surface area (Å²) in [4.78, 5) is 28.5. The summed E-state index contributed by atoms with van der Waals surface area (Å²) in [6.45, 7) is -5.99. The van der Waals surface area contributed by atoms with Gasteiger partial charge in [0.2, 0.25) is 0 Å². The Hall–Kier alpha value is -1.86. The number of rotatable bonds is 7. The van der Waals surface area contributed by atoms with Gasteiger partial charge >= 0.3 is 35.6 Å². The van der Waals surface area contributed by atoms with Crippen LogP contribution in [-0.4, -0.2) is 105 Å². The molecule has 0 radical (unpaired) electrons. The molecular formula is C45H56F8O10. The Morgan fingerprint density at radius 1 is 0.429 bits per heavy atom. The monoisotopic (exact) mass is 908 g/mol. The second-order valence-corrected chi connectivity index (χ2v) is 22.5. The van der Waals surface area contributed by atoms with Gasteiger partial charge in [-0.1, -0.05) is 0 Å². The minimum absolute atomic E-state index is 0.0263. The molecule has 0 aromatic rings. The maximum Gasteiger partial charge on any atom is 0.335 e. The standard InChI is InChI=1S/C45H56F8O10/c46-39(47)19-58-43(59-20-40(39,48)49)29-8-25-9-30(43)15-37(12-25,14-29)35(54)56-2-1-33-34(63-45(62-33)27-4-23-3-24(6-27)7-28(45)5-23)18-57-36(55)38-13-26-10-31(16-38)44(32(11-26)17-38)60-21-41(50,51)42(52,53)22-61-44/h23-34H,1-22H2. The average Bonchev–Trinajstić information content (AvgIpc) is 3.50. The maximum absolute atomic E-state index is 14.4. The van der Waals surface area contributed by atoms with Gasteiger partial charge in [0.05, 0.1) is 23.5 Å². The summed E-state index contributed by atoms with van der Waals surface area (Å²) in [6.07, 6.45) is 8.10. The predicted octanol–water partition coefficient (Wildman–Crippen LogP) is 8.08. The molecule has 0 amide bonds. The van der Waals surface area contributed by atoms with Crippen LogP contribution in [0.25, 0.3) is 0 Å². The van der Waals surface area contributed by atoms with Gasteiger partial charge in [-0.2, -0.15) is 35.1 Å². The van der Waals surface area contributed by atoms with Crippen molar-refractivity contribution >= 4 is 11.9 Å². The summed E-state index contributed by atoms with van der Waals surface area (Å²) in [7, 11) is 0. The summed E-state index contributed by atoms with van der Waals surface area (Å²) in [6, 6.07) is 0. The fraction of sp³-hybridized carbons (Fsp3) is 0.956. The molecule has 352 valence electrons. The highest BCUT2D eigenvalue weighted by molar-refractivity contribution is 5.78. The van der Waals surface area contributed by atoms with E-state index in [9.17, 15) is 44.7 Å². The van der Waals surface area contributed by atoms with Crippen molar-refractivity contribution in [3.05, 3.63) is 0 Å². The van der Waals surface area contributed by atoms with E-state index in [2.05, 4.69) is 0 Å². The SMILES string of the molecule is O=C(OCCC1OC2(OC1COC(=O)C13CC4CC(C1)C1(OCC(F)(F)C(F)(F)CO1)C(C4)C3)C1CC3CC(C1)CC2C3)C12CC3CC(C1)C1(OCC(F)(F)C(F)(F)CO1)C(C3)C2. The van der Waals surface area contributed by atoms with E-state index in [0.717, 1.165) is 25.7 Å². The quantitative estimate of drug-likeness (QED) is 0.184. The minimum atomic E-state index is -4.39. The zero-order valence-corrected chi connectivity index (χ0v) is 35.1. The first-order valence-corrected chi connectivity index (χ1v) is 23.5. The summed E-state index contributed by atoms with van der Waals surface area (Å²) in [5, 5.41) is 0. The van der Waals surface area contributed by atoms with Crippen molar-refractivity contribution in [2.24, 2.45) is 70.0 Å². The first-order chi connectivity index (χ1) is 29.7. The number of ether oxygens (including phenoxy) is 8. The van der Waals surface area contributed by atoms with Crippen molar-refractivity contribution < 1.29 is 82.6 Å². The van der Waals surface area contributed by atoms with Crippen LogP contribution in [0.5, 0.6) is 0 Å². The van der Waals surface area contributed by atoms with E-state index in [0.29, 0.717) is 50.4 Å². The number of carbonyl (C=O) groups is 2. The molecular weight excluding hydrogens is 852 g/mol. The third-order valence-corrected chi connectivity index (χ3v) is 18.9. The zero-order chi connectivity index (χ0) is 43.8. The van der Waals surface area contributed by atoms with Crippen LogP contribution in [0.2, 0.25) is 0 Å². The molecule has 0 aromatic carbocycles. The van der Waals surface area contributed by atoms with Gasteiger partial charge in [-0.15, -0.1) is 0 Å². The molecule has 3 spiro atoms. The topological polar surface area (TPSA) is 108 Å². The Labute approximate surface area is 359 Å². The lowest BCUT2D eigenvalue weighted by atomic mass is 9.47. The highest BCUT2D eigenvalue weighted by Gasteiger charge is 2.73. The molecule has 10 nitrogen and oxygen atoms in total. The summed E-state index contributed by atoms with van der Waals surface area (Å²) in [5.74, 6) is -22.9. The van der Waals surface area contributed by atoms with Gasteiger partial charge in [-0.05, 0) is 120 Å². The van der Waals surface area contributed by atoms with Crippen LogP contribution in [0.4, 0.5) is 35.1 Å². The number of hydrogen-bond acceptors (Lipinski definition) is 10. The van der Waals surface area contributed by atoms with E-state index >= 15 is 0 Å². The molecule has 12 aliphatic carbocycles. The Kier molecular flexibility index (Phi) is 9.21. The summed E-state index contributed by atoms with van der Waals surface area (Å²) >= 11 is 0. The van der Waals surface area contributed by atoms with Gasteiger partial charge in [0, 0.05) is 41.9 Å². The number of halogens is 8. The molecule has 6 unspecified atom stereocenters. The van der Waals surface area contributed by atoms with Crippen LogP contribution in [0.15, 0.2) is 0 Å². The third kappa shape index (κ3) is 6.06. The van der Waals surface area contributed by atoms with Crippen molar-refractivity contribution in [3.8, 4) is 0 Å².